The van der Waals surface area contributed by atoms with Crippen molar-refractivity contribution in [2.24, 2.45) is 0 Å². The molecule has 134 valence electrons. The van der Waals surface area contributed by atoms with Gasteiger partial charge in [0.25, 0.3) is 5.91 Å². The van der Waals surface area contributed by atoms with Gasteiger partial charge in [0, 0.05) is 0 Å². The summed E-state index contributed by atoms with van der Waals surface area (Å²) >= 11 is 0. The minimum atomic E-state index is -0.574. The van der Waals surface area contributed by atoms with Gasteiger partial charge in [0.1, 0.15) is 12.4 Å². The molecule has 0 unspecified atom stereocenters. The highest BCUT2D eigenvalue weighted by Gasteiger charge is 2.19. The van der Waals surface area contributed by atoms with E-state index in [1.165, 1.54) is 0 Å². The molecule has 5 heteroatoms. The van der Waals surface area contributed by atoms with Crippen molar-refractivity contribution in [1.82, 2.24) is 5.32 Å². The summed E-state index contributed by atoms with van der Waals surface area (Å²) in [5, 5.41) is 2.85. The van der Waals surface area contributed by atoms with Crippen LogP contribution in [0.15, 0.2) is 48.5 Å². The summed E-state index contributed by atoms with van der Waals surface area (Å²) in [6.07, 6.45) is -0.0157. The fourth-order valence-electron chi connectivity index (χ4n) is 2.35. The van der Waals surface area contributed by atoms with Crippen LogP contribution in [0.4, 0.5) is 0 Å². The molecule has 2 aromatic rings. The topological polar surface area (TPSA) is 56.8 Å². The fraction of sp³-hybridized carbons (Fsp3) is 0.350. The molecule has 0 heterocycles. The molecule has 2 rings (SSSR count). The lowest BCUT2D eigenvalue weighted by Crippen LogP contribution is -2.39. The number of methoxy groups -OCH3 is 1. The smallest absolute Gasteiger partial charge is 0.261 e. The molecule has 2 aromatic carbocycles. The van der Waals surface area contributed by atoms with Gasteiger partial charge >= 0.3 is 0 Å². The zero-order chi connectivity index (χ0) is 18.1. The molecule has 0 aliphatic carbocycles. The van der Waals surface area contributed by atoms with Crippen LogP contribution >= 0.6 is 0 Å². The SMILES string of the molecule is CC[C@@H](Oc1ccccc1OC)C(=O)NCCOc1cccc(C)c1. The van der Waals surface area contributed by atoms with E-state index in [1.807, 2.05) is 50.2 Å². The van der Waals surface area contributed by atoms with Gasteiger partial charge in [0.2, 0.25) is 0 Å². The van der Waals surface area contributed by atoms with Crippen LogP contribution in [0.5, 0.6) is 17.2 Å². The van der Waals surface area contributed by atoms with E-state index >= 15 is 0 Å². The largest absolute Gasteiger partial charge is 0.493 e. The lowest BCUT2D eigenvalue weighted by atomic mass is 10.2. The monoisotopic (exact) mass is 343 g/mol. The van der Waals surface area contributed by atoms with Crippen molar-refractivity contribution in [1.29, 1.82) is 0 Å². The van der Waals surface area contributed by atoms with Gasteiger partial charge < -0.3 is 19.5 Å². The Bertz CT molecular complexity index is 687. The Kier molecular flexibility index (Phi) is 7.14. The second-order valence-corrected chi connectivity index (χ2v) is 5.62. The van der Waals surface area contributed by atoms with E-state index in [0.717, 1.165) is 11.3 Å². The van der Waals surface area contributed by atoms with Crippen molar-refractivity contribution in [3.05, 3.63) is 54.1 Å². The van der Waals surface area contributed by atoms with Crippen molar-refractivity contribution in [3.63, 3.8) is 0 Å². The summed E-state index contributed by atoms with van der Waals surface area (Å²) in [7, 11) is 1.58. The molecule has 0 fully saturated rings. The van der Waals surface area contributed by atoms with E-state index in [-0.39, 0.29) is 5.91 Å². The van der Waals surface area contributed by atoms with Gasteiger partial charge in [-0.25, -0.2) is 0 Å². The highest BCUT2D eigenvalue weighted by Crippen LogP contribution is 2.27. The highest BCUT2D eigenvalue weighted by molar-refractivity contribution is 5.81. The number of ether oxygens (including phenoxy) is 3. The molecule has 1 atom stereocenters. The average Bonchev–Trinajstić information content (AvgIpc) is 2.63. The molecule has 1 N–H and O–H groups in total. The summed E-state index contributed by atoms with van der Waals surface area (Å²) in [5.41, 5.74) is 1.14. The molecular formula is C20H25NO4. The summed E-state index contributed by atoms with van der Waals surface area (Å²) in [4.78, 5) is 12.3. The minimum absolute atomic E-state index is 0.166. The number of carbonyl (C=O) groups excluding carboxylic acids is 1. The third-order valence-electron chi connectivity index (χ3n) is 3.66. The number of carbonyl (C=O) groups is 1. The summed E-state index contributed by atoms with van der Waals surface area (Å²) in [5.74, 6) is 1.80. The second-order valence-electron chi connectivity index (χ2n) is 5.62. The molecule has 0 aliphatic rings. The zero-order valence-corrected chi connectivity index (χ0v) is 15.0. The van der Waals surface area contributed by atoms with Crippen LogP contribution in [-0.4, -0.2) is 32.3 Å². The van der Waals surface area contributed by atoms with Crippen molar-refractivity contribution < 1.29 is 19.0 Å². The molecule has 0 aromatic heterocycles. The first-order valence-corrected chi connectivity index (χ1v) is 8.41. The predicted molar refractivity (Wildman–Crippen MR) is 97.4 cm³/mol. The van der Waals surface area contributed by atoms with Gasteiger partial charge in [-0.3, -0.25) is 4.79 Å². The van der Waals surface area contributed by atoms with E-state index in [2.05, 4.69) is 5.32 Å². The van der Waals surface area contributed by atoms with Gasteiger partial charge in [-0.05, 0) is 43.2 Å². The van der Waals surface area contributed by atoms with Crippen molar-refractivity contribution >= 4 is 5.91 Å². The van der Waals surface area contributed by atoms with Gasteiger partial charge in [-0.15, -0.1) is 0 Å². The number of nitrogens with one attached hydrogen (secondary N) is 1. The highest BCUT2D eigenvalue weighted by atomic mass is 16.5. The third kappa shape index (κ3) is 5.71. The van der Waals surface area contributed by atoms with E-state index in [1.54, 1.807) is 19.2 Å². The number of hydrogen-bond donors (Lipinski definition) is 1. The van der Waals surface area contributed by atoms with E-state index in [0.29, 0.717) is 31.1 Å². The van der Waals surface area contributed by atoms with Gasteiger partial charge in [0.15, 0.2) is 17.6 Å². The van der Waals surface area contributed by atoms with E-state index < -0.39 is 6.10 Å². The van der Waals surface area contributed by atoms with Crippen LogP contribution in [0.3, 0.4) is 0 Å². The first-order valence-electron chi connectivity index (χ1n) is 8.41. The maximum atomic E-state index is 12.3. The van der Waals surface area contributed by atoms with Crippen LogP contribution in [0, 0.1) is 6.92 Å². The molecule has 0 saturated heterocycles. The Balaban J connectivity index is 1.81. The number of amides is 1. The Morgan fingerprint density at radius 3 is 2.56 bits per heavy atom. The fourth-order valence-corrected chi connectivity index (χ4v) is 2.35. The first-order chi connectivity index (χ1) is 12.1. The molecule has 0 aliphatic heterocycles. The first kappa shape index (κ1) is 18.6. The second kappa shape index (κ2) is 9.57. The Labute approximate surface area is 148 Å². The van der Waals surface area contributed by atoms with Crippen molar-refractivity contribution in [3.8, 4) is 17.2 Å². The molecule has 25 heavy (non-hydrogen) atoms. The van der Waals surface area contributed by atoms with Crippen LogP contribution in [0.25, 0.3) is 0 Å². The van der Waals surface area contributed by atoms with Gasteiger partial charge in [-0.1, -0.05) is 31.2 Å². The van der Waals surface area contributed by atoms with Gasteiger partial charge in [0.05, 0.1) is 13.7 Å². The number of rotatable bonds is 9. The van der Waals surface area contributed by atoms with E-state index in [4.69, 9.17) is 14.2 Å². The summed E-state index contributed by atoms with van der Waals surface area (Å²) in [6.45, 7) is 4.73. The van der Waals surface area contributed by atoms with Crippen LogP contribution in [0.2, 0.25) is 0 Å². The lowest BCUT2D eigenvalue weighted by Gasteiger charge is -2.19. The molecule has 0 spiro atoms. The van der Waals surface area contributed by atoms with E-state index in [9.17, 15) is 4.79 Å². The maximum absolute atomic E-state index is 12.3. The van der Waals surface area contributed by atoms with Crippen LogP contribution < -0.4 is 19.5 Å². The predicted octanol–water partition coefficient (Wildman–Crippen LogP) is 3.36. The molecule has 0 bridgehead atoms. The van der Waals surface area contributed by atoms with Crippen molar-refractivity contribution in [2.45, 2.75) is 26.4 Å². The summed E-state index contributed by atoms with van der Waals surface area (Å²) in [6, 6.07) is 15.1. The van der Waals surface area contributed by atoms with Crippen LogP contribution in [0.1, 0.15) is 18.9 Å². The summed E-state index contributed by atoms with van der Waals surface area (Å²) < 4.78 is 16.7. The van der Waals surface area contributed by atoms with Crippen LogP contribution in [-0.2, 0) is 4.79 Å². The Morgan fingerprint density at radius 2 is 1.88 bits per heavy atom. The lowest BCUT2D eigenvalue weighted by molar-refractivity contribution is -0.128. The molecule has 0 saturated carbocycles. The average molecular weight is 343 g/mol. The molecule has 5 nitrogen and oxygen atoms in total. The zero-order valence-electron chi connectivity index (χ0n) is 15.0. The molecule has 1 amide bonds. The quantitative estimate of drug-likeness (QED) is 0.710. The number of hydrogen-bond acceptors (Lipinski definition) is 4. The Morgan fingerprint density at radius 1 is 1.12 bits per heavy atom. The minimum Gasteiger partial charge on any atom is -0.493 e. The Hall–Kier alpha value is -2.69. The third-order valence-corrected chi connectivity index (χ3v) is 3.66. The number of para-hydroxylation sites is 2. The standard InChI is InChI=1S/C20H25NO4/c1-4-17(25-19-11-6-5-10-18(19)23-3)20(22)21-12-13-24-16-9-7-8-15(2)14-16/h5-11,14,17H,4,12-13H2,1-3H3,(H,21,22)/t17-/m1/s1. The number of aryl methyl sites for hydroxylation is 1. The molecular weight excluding hydrogens is 318 g/mol. The maximum Gasteiger partial charge on any atom is 0.261 e. The molecule has 0 radical (unpaired) electrons. The normalized spacial score (nSPS) is 11.5. The number of benzene rings is 2. The van der Waals surface area contributed by atoms with Gasteiger partial charge in [-0.2, -0.15) is 0 Å². The van der Waals surface area contributed by atoms with Crippen molar-refractivity contribution in [2.75, 3.05) is 20.3 Å².